The van der Waals surface area contributed by atoms with Gasteiger partial charge in [-0.25, -0.2) is 0 Å². The Bertz CT molecular complexity index is 198. The van der Waals surface area contributed by atoms with E-state index in [1.807, 2.05) is 0 Å². The standard InChI is InChI=1S/C13H26N2O/c1-11-6-8-12(9-7-11)15-13(16)5-3-2-4-10-14/h11-12H,2-10,14H2,1H3,(H,15,16). The largest absolute Gasteiger partial charge is 0.353 e. The van der Waals surface area contributed by atoms with Crippen LogP contribution in [0.5, 0.6) is 0 Å². The van der Waals surface area contributed by atoms with Crippen molar-refractivity contribution in [3.05, 3.63) is 0 Å². The van der Waals surface area contributed by atoms with Gasteiger partial charge in [-0.3, -0.25) is 4.79 Å². The highest BCUT2D eigenvalue weighted by atomic mass is 16.1. The minimum atomic E-state index is 0.233. The summed E-state index contributed by atoms with van der Waals surface area (Å²) < 4.78 is 0. The predicted octanol–water partition coefficient (Wildman–Crippen LogP) is 2.20. The van der Waals surface area contributed by atoms with Crippen LogP contribution in [-0.4, -0.2) is 18.5 Å². The van der Waals surface area contributed by atoms with Gasteiger partial charge in [-0.15, -0.1) is 0 Å². The van der Waals surface area contributed by atoms with Crippen LogP contribution in [0, 0.1) is 5.92 Å². The molecule has 1 aliphatic rings. The van der Waals surface area contributed by atoms with Gasteiger partial charge in [0, 0.05) is 12.5 Å². The van der Waals surface area contributed by atoms with Crippen LogP contribution in [0.15, 0.2) is 0 Å². The maximum Gasteiger partial charge on any atom is 0.220 e. The molecule has 3 nitrogen and oxygen atoms in total. The molecule has 1 amide bonds. The van der Waals surface area contributed by atoms with E-state index in [1.54, 1.807) is 0 Å². The summed E-state index contributed by atoms with van der Waals surface area (Å²) >= 11 is 0. The third-order valence-electron chi connectivity index (χ3n) is 3.49. The fraction of sp³-hybridized carbons (Fsp3) is 0.923. The van der Waals surface area contributed by atoms with E-state index in [-0.39, 0.29) is 5.91 Å². The minimum Gasteiger partial charge on any atom is -0.353 e. The first kappa shape index (κ1) is 13.5. The van der Waals surface area contributed by atoms with Crippen LogP contribution in [0.2, 0.25) is 0 Å². The first-order valence-electron chi connectivity index (χ1n) is 6.71. The third kappa shape index (κ3) is 5.50. The molecule has 0 aromatic rings. The Morgan fingerprint density at radius 3 is 2.50 bits per heavy atom. The van der Waals surface area contributed by atoms with Crippen molar-refractivity contribution in [1.82, 2.24) is 5.32 Å². The molecule has 0 unspecified atom stereocenters. The van der Waals surface area contributed by atoms with Gasteiger partial charge < -0.3 is 11.1 Å². The molecule has 1 rings (SSSR count). The predicted molar refractivity (Wildman–Crippen MR) is 67.1 cm³/mol. The molecule has 16 heavy (non-hydrogen) atoms. The van der Waals surface area contributed by atoms with Crippen molar-refractivity contribution in [2.75, 3.05) is 6.54 Å². The third-order valence-corrected chi connectivity index (χ3v) is 3.49. The summed E-state index contributed by atoms with van der Waals surface area (Å²) in [5.74, 6) is 1.08. The molecule has 3 N–H and O–H groups in total. The van der Waals surface area contributed by atoms with Crippen molar-refractivity contribution < 1.29 is 4.79 Å². The molecule has 1 fully saturated rings. The first-order chi connectivity index (χ1) is 7.72. The zero-order valence-electron chi connectivity index (χ0n) is 10.5. The topological polar surface area (TPSA) is 55.1 Å². The van der Waals surface area contributed by atoms with Crippen molar-refractivity contribution in [2.24, 2.45) is 11.7 Å². The number of nitrogens with one attached hydrogen (secondary N) is 1. The summed E-state index contributed by atoms with van der Waals surface area (Å²) in [6.07, 6.45) is 8.61. The van der Waals surface area contributed by atoms with E-state index in [0.29, 0.717) is 12.5 Å². The number of carbonyl (C=O) groups is 1. The lowest BCUT2D eigenvalue weighted by molar-refractivity contribution is -0.122. The summed E-state index contributed by atoms with van der Waals surface area (Å²) in [7, 11) is 0. The van der Waals surface area contributed by atoms with Gasteiger partial charge in [0.1, 0.15) is 0 Å². The average Bonchev–Trinajstić information content (AvgIpc) is 2.28. The Morgan fingerprint density at radius 1 is 1.19 bits per heavy atom. The molecular formula is C13H26N2O. The second-order valence-electron chi connectivity index (χ2n) is 5.12. The number of unbranched alkanes of at least 4 members (excludes halogenated alkanes) is 2. The quantitative estimate of drug-likeness (QED) is 0.682. The first-order valence-corrected chi connectivity index (χ1v) is 6.71. The van der Waals surface area contributed by atoms with E-state index < -0.39 is 0 Å². The summed E-state index contributed by atoms with van der Waals surface area (Å²) in [5.41, 5.74) is 5.41. The Morgan fingerprint density at radius 2 is 1.88 bits per heavy atom. The molecule has 0 aromatic heterocycles. The number of amides is 1. The van der Waals surface area contributed by atoms with Crippen LogP contribution in [0.3, 0.4) is 0 Å². The molecule has 1 aliphatic carbocycles. The lowest BCUT2D eigenvalue weighted by Crippen LogP contribution is -2.37. The highest BCUT2D eigenvalue weighted by molar-refractivity contribution is 5.76. The molecule has 94 valence electrons. The van der Waals surface area contributed by atoms with Gasteiger partial charge in [0.15, 0.2) is 0 Å². The van der Waals surface area contributed by atoms with Gasteiger partial charge >= 0.3 is 0 Å². The molecular weight excluding hydrogens is 200 g/mol. The monoisotopic (exact) mass is 226 g/mol. The van der Waals surface area contributed by atoms with Gasteiger partial charge in [-0.1, -0.05) is 13.3 Å². The molecule has 0 bridgehead atoms. The molecule has 0 atom stereocenters. The van der Waals surface area contributed by atoms with Crippen molar-refractivity contribution in [3.8, 4) is 0 Å². The number of rotatable bonds is 6. The molecule has 0 heterocycles. The molecule has 0 spiro atoms. The highest BCUT2D eigenvalue weighted by Gasteiger charge is 2.19. The summed E-state index contributed by atoms with van der Waals surface area (Å²) in [6, 6.07) is 0.443. The number of hydrogen-bond acceptors (Lipinski definition) is 2. The summed E-state index contributed by atoms with van der Waals surface area (Å²) in [6.45, 7) is 3.03. The Kier molecular flexibility index (Phi) is 6.46. The van der Waals surface area contributed by atoms with Gasteiger partial charge in [0.25, 0.3) is 0 Å². The summed E-state index contributed by atoms with van der Waals surface area (Å²) in [4.78, 5) is 11.6. The van der Waals surface area contributed by atoms with E-state index in [4.69, 9.17) is 5.73 Å². The SMILES string of the molecule is CC1CCC(NC(=O)CCCCCN)CC1. The second kappa shape index (κ2) is 7.66. The van der Waals surface area contributed by atoms with Crippen LogP contribution in [-0.2, 0) is 4.79 Å². The number of hydrogen-bond donors (Lipinski definition) is 2. The highest BCUT2D eigenvalue weighted by Crippen LogP contribution is 2.23. The van der Waals surface area contributed by atoms with Crippen LogP contribution in [0.25, 0.3) is 0 Å². The zero-order valence-corrected chi connectivity index (χ0v) is 10.5. The fourth-order valence-corrected chi connectivity index (χ4v) is 2.31. The van der Waals surface area contributed by atoms with Crippen LogP contribution in [0.4, 0.5) is 0 Å². The van der Waals surface area contributed by atoms with Crippen molar-refractivity contribution in [2.45, 2.75) is 64.3 Å². The van der Waals surface area contributed by atoms with E-state index >= 15 is 0 Å². The summed E-state index contributed by atoms with van der Waals surface area (Å²) in [5, 5.41) is 3.15. The molecule has 3 heteroatoms. The average molecular weight is 226 g/mol. The zero-order chi connectivity index (χ0) is 11.8. The van der Waals surface area contributed by atoms with Crippen molar-refractivity contribution in [3.63, 3.8) is 0 Å². The molecule has 0 aromatic carbocycles. The van der Waals surface area contributed by atoms with Gasteiger partial charge in [-0.05, 0) is 51.0 Å². The lowest BCUT2D eigenvalue weighted by Gasteiger charge is -2.26. The maximum absolute atomic E-state index is 11.6. The molecule has 0 radical (unpaired) electrons. The van der Waals surface area contributed by atoms with Crippen LogP contribution >= 0.6 is 0 Å². The van der Waals surface area contributed by atoms with Gasteiger partial charge in [-0.2, -0.15) is 0 Å². The molecule has 0 aliphatic heterocycles. The number of nitrogens with two attached hydrogens (primary N) is 1. The van der Waals surface area contributed by atoms with E-state index in [9.17, 15) is 4.79 Å². The Balaban J connectivity index is 2.05. The molecule has 0 saturated heterocycles. The van der Waals surface area contributed by atoms with Gasteiger partial charge in [0.2, 0.25) is 5.91 Å². The maximum atomic E-state index is 11.6. The van der Waals surface area contributed by atoms with E-state index in [2.05, 4.69) is 12.2 Å². The van der Waals surface area contributed by atoms with E-state index in [1.165, 1.54) is 12.8 Å². The minimum absolute atomic E-state index is 0.233. The fourth-order valence-electron chi connectivity index (χ4n) is 2.31. The Hall–Kier alpha value is -0.570. The molecule has 1 saturated carbocycles. The van der Waals surface area contributed by atoms with Gasteiger partial charge in [0.05, 0.1) is 0 Å². The lowest BCUT2D eigenvalue weighted by atomic mass is 9.87. The smallest absolute Gasteiger partial charge is 0.220 e. The van der Waals surface area contributed by atoms with E-state index in [0.717, 1.165) is 44.6 Å². The van der Waals surface area contributed by atoms with Crippen LogP contribution < -0.4 is 11.1 Å². The Labute approximate surface area is 99.2 Å². The number of carbonyl (C=O) groups excluding carboxylic acids is 1. The van der Waals surface area contributed by atoms with Crippen molar-refractivity contribution >= 4 is 5.91 Å². The normalized spacial score (nSPS) is 25.4. The van der Waals surface area contributed by atoms with Crippen LogP contribution in [0.1, 0.15) is 58.3 Å². The second-order valence-corrected chi connectivity index (χ2v) is 5.12. The van der Waals surface area contributed by atoms with Crippen molar-refractivity contribution in [1.29, 1.82) is 0 Å².